The largest absolute Gasteiger partial charge is 0.441 e. The van der Waals surface area contributed by atoms with Gasteiger partial charge < -0.3 is 9.73 Å². The first kappa shape index (κ1) is 18.6. The number of hydrogen-bond donors (Lipinski definition) is 2. The van der Waals surface area contributed by atoms with Crippen LogP contribution in [0.5, 0.6) is 0 Å². The number of aromatic nitrogens is 1. The third-order valence-electron chi connectivity index (χ3n) is 4.84. The number of amides is 1. The second-order valence-electron chi connectivity index (χ2n) is 7.00. The van der Waals surface area contributed by atoms with Crippen LogP contribution in [0.3, 0.4) is 0 Å². The molecule has 7 nitrogen and oxygen atoms in total. The average Bonchev–Trinajstić information content (AvgIpc) is 3.29. The summed E-state index contributed by atoms with van der Waals surface area (Å²) in [5, 5.41) is 2.78. The molecule has 1 fully saturated rings. The number of rotatable bonds is 5. The van der Waals surface area contributed by atoms with Crippen molar-refractivity contribution in [3.63, 3.8) is 0 Å². The number of nitrogens with one attached hydrogen (secondary N) is 2. The summed E-state index contributed by atoms with van der Waals surface area (Å²) in [6.07, 6.45) is 3.77. The van der Waals surface area contributed by atoms with E-state index in [2.05, 4.69) is 15.0 Å². The standard InChI is InChI=1S/C20H21N3O4S/c1-13-21-18-12-16(9-10-19(18)27-13)22-20(24)14-5-4-8-17(11-14)28(25,26)23-15-6-2-3-7-15/h4-5,8-12,15,23H,2-3,6-7H2,1H3,(H,22,24). The van der Waals surface area contributed by atoms with Crippen molar-refractivity contribution in [2.75, 3.05) is 5.32 Å². The average molecular weight is 399 g/mol. The minimum absolute atomic E-state index is 0.0277. The van der Waals surface area contributed by atoms with Gasteiger partial charge in [-0.25, -0.2) is 18.1 Å². The fourth-order valence-corrected chi connectivity index (χ4v) is 4.81. The fourth-order valence-electron chi connectivity index (χ4n) is 3.46. The Kier molecular flexibility index (Phi) is 4.91. The van der Waals surface area contributed by atoms with Crippen LogP contribution in [-0.2, 0) is 10.0 Å². The maximum atomic E-state index is 12.6. The Morgan fingerprint density at radius 2 is 1.93 bits per heavy atom. The normalized spacial score (nSPS) is 15.2. The summed E-state index contributed by atoms with van der Waals surface area (Å²) in [4.78, 5) is 16.9. The smallest absolute Gasteiger partial charge is 0.255 e. The lowest BCUT2D eigenvalue weighted by Crippen LogP contribution is -2.32. The predicted octanol–water partition coefficient (Wildman–Crippen LogP) is 3.61. The van der Waals surface area contributed by atoms with E-state index in [0.29, 0.717) is 22.7 Å². The highest BCUT2D eigenvalue weighted by molar-refractivity contribution is 7.89. The zero-order valence-corrected chi connectivity index (χ0v) is 16.3. The first-order chi connectivity index (χ1) is 13.4. The molecular formula is C20H21N3O4S. The Morgan fingerprint density at radius 1 is 1.14 bits per heavy atom. The van der Waals surface area contributed by atoms with E-state index in [9.17, 15) is 13.2 Å². The van der Waals surface area contributed by atoms with Crippen molar-refractivity contribution in [2.45, 2.75) is 43.5 Å². The van der Waals surface area contributed by atoms with E-state index in [1.807, 2.05) is 0 Å². The number of hydrogen-bond acceptors (Lipinski definition) is 5. The van der Waals surface area contributed by atoms with Gasteiger partial charge in [0.15, 0.2) is 11.5 Å². The molecule has 2 N–H and O–H groups in total. The Labute approximate surface area is 163 Å². The number of oxazole rings is 1. The minimum atomic E-state index is -3.65. The van der Waals surface area contributed by atoms with Gasteiger partial charge in [0.2, 0.25) is 10.0 Å². The molecule has 0 bridgehead atoms. The molecule has 0 spiro atoms. The van der Waals surface area contributed by atoms with Crippen LogP contribution in [0.25, 0.3) is 11.1 Å². The van der Waals surface area contributed by atoms with Crippen molar-refractivity contribution in [2.24, 2.45) is 0 Å². The molecule has 1 aliphatic rings. The fraction of sp³-hybridized carbons (Fsp3) is 0.300. The van der Waals surface area contributed by atoms with Crippen molar-refractivity contribution in [1.82, 2.24) is 9.71 Å². The summed E-state index contributed by atoms with van der Waals surface area (Å²) in [6, 6.07) is 11.2. The summed E-state index contributed by atoms with van der Waals surface area (Å²) >= 11 is 0. The molecule has 4 rings (SSSR count). The second kappa shape index (κ2) is 7.37. The summed E-state index contributed by atoms with van der Waals surface area (Å²) in [7, 11) is -3.65. The third-order valence-corrected chi connectivity index (χ3v) is 6.35. The number of anilines is 1. The molecule has 146 valence electrons. The van der Waals surface area contributed by atoms with Crippen molar-refractivity contribution >= 4 is 32.7 Å². The molecule has 1 amide bonds. The number of nitrogens with zero attached hydrogens (tertiary/aromatic N) is 1. The molecular weight excluding hydrogens is 378 g/mol. The van der Waals surface area contributed by atoms with Gasteiger partial charge in [0.1, 0.15) is 5.52 Å². The summed E-state index contributed by atoms with van der Waals surface area (Å²) in [6.45, 7) is 1.75. The highest BCUT2D eigenvalue weighted by Crippen LogP contribution is 2.22. The monoisotopic (exact) mass is 399 g/mol. The Morgan fingerprint density at radius 3 is 2.71 bits per heavy atom. The molecule has 0 saturated heterocycles. The van der Waals surface area contributed by atoms with Crippen LogP contribution in [0.4, 0.5) is 5.69 Å². The lowest BCUT2D eigenvalue weighted by atomic mass is 10.2. The van der Waals surface area contributed by atoms with Crippen LogP contribution in [0.1, 0.15) is 41.9 Å². The molecule has 8 heteroatoms. The first-order valence-corrected chi connectivity index (χ1v) is 10.7. The first-order valence-electron chi connectivity index (χ1n) is 9.22. The summed E-state index contributed by atoms with van der Waals surface area (Å²) < 4.78 is 33.4. The third kappa shape index (κ3) is 3.93. The van der Waals surface area contributed by atoms with Crippen molar-refractivity contribution in [1.29, 1.82) is 0 Å². The number of fused-ring (bicyclic) bond motifs is 1. The van der Waals surface area contributed by atoms with Crippen molar-refractivity contribution in [3.05, 3.63) is 53.9 Å². The van der Waals surface area contributed by atoms with Gasteiger partial charge in [-0.2, -0.15) is 0 Å². The Bertz CT molecular complexity index is 1130. The van der Waals surface area contributed by atoms with Crippen LogP contribution in [-0.4, -0.2) is 25.4 Å². The molecule has 28 heavy (non-hydrogen) atoms. The van der Waals surface area contributed by atoms with Gasteiger partial charge in [0, 0.05) is 24.2 Å². The highest BCUT2D eigenvalue weighted by atomic mass is 32.2. The van der Waals surface area contributed by atoms with Crippen LogP contribution in [0.2, 0.25) is 0 Å². The van der Waals surface area contributed by atoms with Gasteiger partial charge in [-0.05, 0) is 49.2 Å². The quantitative estimate of drug-likeness (QED) is 0.682. The molecule has 1 aliphatic carbocycles. The van der Waals surface area contributed by atoms with Crippen LogP contribution in [0.15, 0.2) is 51.8 Å². The van der Waals surface area contributed by atoms with Gasteiger partial charge in [0.25, 0.3) is 5.91 Å². The Hall–Kier alpha value is -2.71. The zero-order chi connectivity index (χ0) is 19.7. The number of carbonyl (C=O) groups is 1. The number of carbonyl (C=O) groups excluding carboxylic acids is 1. The van der Waals surface area contributed by atoms with Crippen LogP contribution >= 0.6 is 0 Å². The molecule has 0 radical (unpaired) electrons. The van der Waals surface area contributed by atoms with E-state index in [4.69, 9.17) is 4.42 Å². The molecule has 2 aromatic carbocycles. The van der Waals surface area contributed by atoms with Crippen LogP contribution < -0.4 is 10.0 Å². The molecule has 1 heterocycles. The predicted molar refractivity (Wildman–Crippen MR) is 106 cm³/mol. The van der Waals surface area contributed by atoms with E-state index < -0.39 is 15.9 Å². The van der Waals surface area contributed by atoms with Crippen molar-refractivity contribution < 1.29 is 17.6 Å². The zero-order valence-electron chi connectivity index (χ0n) is 15.4. The van der Waals surface area contributed by atoms with Gasteiger partial charge in [-0.3, -0.25) is 4.79 Å². The van der Waals surface area contributed by atoms with Gasteiger partial charge in [-0.15, -0.1) is 0 Å². The maximum absolute atomic E-state index is 12.6. The van der Waals surface area contributed by atoms with Crippen LogP contribution in [0, 0.1) is 6.92 Å². The topological polar surface area (TPSA) is 101 Å². The summed E-state index contributed by atoms with van der Waals surface area (Å²) in [5.41, 5.74) is 2.11. The highest BCUT2D eigenvalue weighted by Gasteiger charge is 2.23. The molecule has 0 unspecified atom stereocenters. The maximum Gasteiger partial charge on any atom is 0.255 e. The van der Waals surface area contributed by atoms with E-state index in [-0.39, 0.29) is 16.5 Å². The molecule has 0 atom stereocenters. The van der Waals surface area contributed by atoms with E-state index in [1.165, 1.54) is 12.1 Å². The molecule has 1 saturated carbocycles. The molecule has 3 aromatic rings. The summed E-state index contributed by atoms with van der Waals surface area (Å²) in [5.74, 6) is 0.156. The van der Waals surface area contributed by atoms with Crippen molar-refractivity contribution in [3.8, 4) is 0 Å². The molecule has 1 aromatic heterocycles. The Balaban J connectivity index is 1.53. The number of benzene rings is 2. The minimum Gasteiger partial charge on any atom is -0.441 e. The molecule has 0 aliphatic heterocycles. The lowest BCUT2D eigenvalue weighted by molar-refractivity contribution is 0.102. The SMILES string of the molecule is Cc1nc2cc(NC(=O)c3cccc(S(=O)(=O)NC4CCCC4)c3)ccc2o1. The van der Waals surface area contributed by atoms with E-state index >= 15 is 0 Å². The lowest BCUT2D eigenvalue weighted by Gasteiger charge is -2.13. The van der Waals surface area contributed by atoms with Gasteiger partial charge >= 0.3 is 0 Å². The van der Waals surface area contributed by atoms with E-state index in [0.717, 1.165) is 25.7 Å². The van der Waals surface area contributed by atoms with Gasteiger partial charge in [-0.1, -0.05) is 18.9 Å². The van der Waals surface area contributed by atoms with E-state index in [1.54, 1.807) is 37.3 Å². The number of aryl methyl sites for hydroxylation is 1. The number of sulfonamides is 1. The van der Waals surface area contributed by atoms with Gasteiger partial charge in [0.05, 0.1) is 4.90 Å². The second-order valence-corrected chi connectivity index (χ2v) is 8.71.